The topological polar surface area (TPSA) is 38.9 Å². The number of hydrogen-bond acceptors (Lipinski definition) is 3. The van der Waals surface area contributed by atoms with Crippen molar-refractivity contribution in [1.82, 2.24) is 10.2 Å². The quantitative estimate of drug-likeness (QED) is 0.746. The van der Waals surface area contributed by atoms with E-state index in [2.05, 4.69) is 10.2 Å². The summed E-state index contributed by atoms with van der Waals surface area (Å²) in [4.78, 5) is 0. The van der Waals surface area contributed by atoms with Crippen LogP contribution in [0, 0.1) is 0 Å². The fourth-order valence-corrected chi connectivity index (χ4v) is 1.09. The second-order valence-electron chi connectivity index (χ2n) is 3.00. The molecule has 0 aliphatic carbocycles. The third-order valence-electron chi connectivity index (χ3n) is 1.66. The first-order valence-electron chi connectivity index (χ1n) is 4.45. The molecule has 86 valence electrons. The van der Waals surface area contributed by atoms with Crippen molar-refractivity contribution in [3.05, 3.63) is 11.8 Å². The molecule has 1 rings (SSSR count). The van der Waals surface area contributed by atoms with E-state index in [0.29, 0.717) is 24.6 Å². The van der Waals surface area contributed by atoms with Crippen molar-refractivity contribution in [2.45, 2.75) is 31.9 Å². The Morgan fingerprint density at radius 3 is 2.27 bits per heavy atom. The minimum Gasteiger partial charge on any atom is -0.425 e. The van der Waals surface area contributed by atoms with Crippen molar-refractivity contribution >= 4 is 11.6 Å². The smallest absolute Gasteiger partial charge is 0.389 e. The molecule has 0 saturated heterocycles. The zero-order valence-corrected chi connectivity index (χ0v) is 8.61. The Balaban J connectivity index is 2.39. The molecule has 0 radical (unpaired) electrons. The summed E-state index contributed by atoms with van der Waals surface area (Å²) in [6, 6.07) is 0. The van der Waals surface area contributed by atoms with E-state index in [-0.39, 0.29) is 12.3 Å². The molecule has 0 amide bonds. The van der Waals surface area contributed by atoms with Gasteiger partial charge in [0, 0.05) is 18.7 Å². The summed E-state index contributed by atoms with van der Waals surface area (Å²) in [6.45, 7) is 0. The lowest BCUT2D eigenvalue weighted by Crippen LogP contribution is -2.08. The Hall–Kier alpha value is -0.780. The number of hydrogen-bond donors (Lipinski definition) is 0. The molecule has 0 saturated carbocycles. The zero-order chi connectivity index (χ0) is 11.3. The van der Waals surface area contributed by atoms with Crippen LogP contribution in [0.4, 0.5) is 13.2 Å². The van der Waals surface area contributed by atoms with Crippen molar-refractivity contribution in [2.75, 3.05) is 5.88 Å². The maximum Gasteiger partial charge on any atom is 0.389 e. The summed E-state index contributed by atoms with van der Waals surface area (Å²) in [5, 5.41) is 7.12. The van der Waals surface area contributed by atoms with Gasteiger partial charge in [-0.15, -0.1) is 21.8 Å². The van der Waals surface area contributed by atoms with Gasteiger partial charge in [0.2, 0.25) is 11.8 Å². The van der Waals surface area contributed by atoms with Gasteiger partial charge in [-0.3, -0.25) is 0 Å². The van der Waals surface area contributed by atoms with E-state index in [1.54, 1.807) is 0 Å². The second-order valence-corrected chi connectivity index (χ2v) is 3.38. The molecular weight excluding hydrogens is 233 g/mol. The first kappa shape index (κ1) is 12.3. The number of nitrogens with zero attached hydrogens (tertiary/aromatic N) is 2. The fourth-order valence-electron chi connectivity index (χ4n) is 0.957. The van der Waals surface area contributed by atoms with Crippen LogP contribution in [0.2, 0.25) is 0 Å². The molecule has 1 heterocycles. The average molecular weight is 243 g/mol. The maximum absolute atomic E-state index is 11.8. The number of alkyl halides is 4. The minimum absolute atomic E-state index is 0.0249. The van der Waals surface area contributed by atoms with Gasteiger partial charge < -0.3 is 4.42 Å². The van der Waals surface area contributed by atoms with E-state index in [9.17, 15) is 13.2 Å². The molecule has 0 aliphatic heterocycles. The Morgan fingerprint density at radius 2 is 1.73 bits per heavy atom. The van der Waals surface area contributed by atoms with E-state index < -0.39 is 12.6 Å². The van der Waals surface area contributed by atoms with Crippen LogP contribution in [0.1, 0.15) is 24.6 Å². The van der Waals surface area contributed by atoms with Gasteiger partial charge in [-0.2, -0.15) is 13.2 Å². The van der Waals surface area contributed by atoms with Crippen LogP contribution in [0.15, 0.2) is 4.42 Å². The number of halogens is 4. The molecule has 0 N–H and O–H groups in total. The lowest BCUT2D eigenvalue weighted by molar-refractivity contribution is -0.134. The number of aryl methyl sites for hydroxylation is 2. The first-order valence-corrected chi connectivity index (χ1v) is 4.98. The second kappa shape index (κ2) is 5.34. The van der Waals surface area contributed by atoms with E-state index in [1.165, 1.54) is 0 Å². The Bertz CT molecular complexity index is 300. The van der Waals surface area contributed by atoms with Crippen molar-refractivity contribution in [3.8, 4) is 0 Å². The molecule has 3 nitrogen and oxygen atoms in total. The van der Waals surface area contributed by atoms with Gasteiger partial charge in [0.25, 0.3) is 0 Å². The van der Waals surface area contributed by atoms with Gasteiger partial charge in [-0.05, 0) is 6.42 Å². The largest absolute Gasteiger partial charge is 0.425 e. The molecule has 1 aromatic rings. The summed E-state index contributed by atoms with van der Waals surface area (Å²) in [5.74, 6) is 0.824. The van der Waals surface area contributed by atoms with Gasteiger partial charge in [0.15, 0.2) is 0 Å². The van der Waals surface area contributed by atoms with Crippen LogP contribution >= 0.6 is 11.6 Å². The van der Waals surface area contributed by atoms with Crippen LogP contribution < -0.4 is 0 Å². The normalized spacial score (nSPS) is 12.0. The molecule has 0 spiro atoms. The summed E-state index contributed by atoms with van der Waals surface area (Å²) >= 11 is 5.44. The van der Waals surface area contributed by atoms with E-state index in [4.69, 9.17) is 16.0 Å². The average Bonchev–Trinajstić information content (AvgIpc) is 2.58. The summed E-state index contributed by atoms with van der Waals surface area (Å²) in [6.07, 6.45) is -4.22. The highest BCUT2D eigenvalue weighted by Gasteiger charge is 2.27. The highest BCUT2D eigenvalue weighted by Crippen LogP contribution is 2.21. The Morgan fingerprint density at radius 1 is 1.13 bits per heavy atom. The third-order valence-corrected chi connectivity index (χ3v) is 1.92. The zero-order valence-electron chi connectivity index (χ0n) is 7.85. The van der Waals surface area contributed by atoms with Crippen LogP contribution in [-0.2, 0) is 12.8 Å². The first-order chi connectivity index (χ1) is 7.01. The minimum atomic E-state index is -4.19. The van der Waals surface area contributed by atoms with Crippen LogP contribution in [0.3, 0.4) is 0 Å². The van der Waals surface area contributed by atoms with Crippen LogP contribution in [-0.4, -0.2) is 22.3 Å². The highest BCUT2D eigenvalue weighted by molar-refractivity contribution is 6.17. The fraction of sp³-hybridized carbons (Fsp3) is 0.750. The SMILES string of the molecule is FC(F)(F)CCc1nnc(CCCCl)o1. The Labute approximate surface area is 89.6 Å². The van der Waals surface area contributed by atoms with E-state index in [0.717, 1.165) is 0 Å². The van der Waals surface area contributed by atoms with Crippen LogP contribution in [0.25, 0.3) is 0 Å². The van der Waals surface area contributed by atoms with Gasteiger partial charge in [0.05, 0.1) is 6.42 Å². The van der Waals surface area contributed by atoms with Crippen LogP contribution in [0.5, 0.6) is 0 Å². The van der Waals surface area contributed by atoms with Crippen molar-refractivity contribution in [2.24, 2.45) is 0 Å². The number of rotatable bonds is 5. The summed E-state index contributed by atoms with van der Waals surface area (Å²) < 4.78 is 40.5. The summed E-state index contributed by atoms with van der Waals surface area (Å²) in [7, 11) is 0. The molecule has 15 heavy (non-hydrogen) atoms. The van der Waals surface area contributed by atoms with E-state index in [1.807, 2.05) is 0 Å². The monoisotopic (exact) mass is 242 g/mol. The van der Waals surface area contributed by atoms with Crippen molar-refractivity contribution in [1.29, 1.82) is 0 Å². The molecule has 0 unspecified atom stereocenters. The maximum atomic E-state index is 11.8. The molecule has 0 atom stereocenters. The molecule has 1 aromatic heterocycles. The molecule has 7 heteroatoms. The summed E-state index contributed by atoms with van der Waals surface area (Å²) in [5.41, 5.74) is 0. The third kappa shape index (κ3) is 5.01. The van der Waals surface area contributed by atoms with Crippen molar-refractivity contribution in [3.63, 3.8) is 0 Å². The molecule has 0 aliphatic rings. The van der Waals surface area contributed by atoms with Gasteiger partial charge in [-0.25, -0.2) is 0 Å². The lowest BCUT2D eigenvalue weighted by atomic mass is 10.3. The highest BCUT2D eigenvalue weighted by atomic mass is 35.5. The van der Waals surface area contributed by atoms with Gasteiger partial charge in [0.1, 0.15) is 0 Å². The van der Waals surface area contributed by atoms with E-state index >= 15 is 0 Å². The van der Waals surface area contributed by atoms with Gasteiger partial charge in [-0.1, -0.05) is 0 Å². The number of aromatic nitrogens is 2. The Kier molecular flexibility index (Phi) is 4.38. The molecule has 0 aromatic carbocycles. The molecule has 0 bridgehead atoms. The van der Waals surface area contributed by atoms with Gasteiger partial charge >= 0.3 is 6.18 Å². The predicted octanol–water partition coefficient (Wildman–Crippen LogP) is 2.74. The molecule has 0 fully saturated rings. The standard InChI is InChI=1S/C8H10ClF3N2O/c9-5-1-2-6-13-14-7(15-6)3-4-8(10,11)12/h1-5H2. The lowest BCUT2D eigenvalue weighted by Gasteiger charge is -2.01. The molecular formula is C8H10ClF3N2O. The van der Waals surface area contributed by atoms with Crippen molar-refractivity contribution < 1.29 is 17.6 Å². The predicted molar refractivity (Wildman–Crippen MR) is 47.7 cm³/mol.